The van der Waals surface area contributed by atoms with Crippen LogP contribution >= 0.6 is 0 Å². The van der Waals surface area contributed by atoms with E-state index in [0.29, 0.717) is 13.2 Å². The van der Waals surface area contributed by atoms with Crippen LogP contribution in [-0.4, -0.2) is 31.1 Å². The van der Waals surface area contributed by atoms with Crippen molar-refractivity contribution in [2.45, 2.75) is 25.6 Å². The van der Waals surface area contributed by atoms with Crippen LogP contribution in [0.2, 0.25) is 0 Å². The lowest BCUT2D eigenvalue weighted by atomic mass is 10.2. The third kappa shape index (κ3) is 3.28. The standard InChI is InChI=1S/C15H18NO3/c1-2-8-18-15(3-1)19-10-9-17-13-5-4-12-6-7-16-14(12)11-13/h4-5,7,11,15-16H,1-3,8-10H2. The van der Waals surface area contributed by atoms with E-state index in [9.17, 15) is 0 Å². The van der Waals surface area contributed by atoms with Gasteiger partial charge in [0.1, 0.15) is 12.4 Å². The maximum atomic E-state index is 5.66. The van der Waals surface area contributed by atoms with Crippen molar-refractivity contribution >= 4 is 10.9 Å². The lowest BCUT2D eigenvalue weighted by Crippen LogP contribution is -2.24. The predicted octanol–water partition coefficient (Wildman–Crippen LogP) is 2.89. The summed E-state index contributed by atoms with van der Waals surface area (Å²) in [7, 11) is 0. The smallest absolute Gasteiger partial charge is 0.157 e. The van der Waals surface area contributed by atoms with Gasteiger partial charge in [0.15, 0.2) is 6.29 Å². The number of rotatable bonds is 5. The summed E-state index contributed by atoms with van der Waals surface area (Å²) < 4.78 is 16.8. The van der Waals surface area contributed by atoms with E-state index in [1.807, 2.05) is 18.2 Å². The lowest BCUT2D eigenvalue weighted by Gasteiger charge is -2.22. The summed E-state index contributed by atoms with van der Waals surface area (Å²) in [5.74, 6) is 0.844. The molecule has 4 nitrogen and oxygen atoms in total. The fraction of sp³-hybridized carbons (Fsp3) is 0.467. The molecule has 101 valence electrons. The van der Waals surface area contributed by atoms with Crippen molar-refractivity contribution in [1.82, 2.24) is 4.98 Å². The zero-order valence-corrected chi connectivity index (χ0v) is 10.9. The Morgan fingerprint density at radius 1 is 1.32 bits per heavy atom. The first-order chi connectivity index (χ1) is 9.42. The minimum atomic E-state index is -0.0437. The van der Waals surface area contributed by atoms with Gasteiger partial charge in [0, 0.05) is 35.8 Å². The summed E-state index contributed by atoms with van der Waals surface area (Å²) in [6.45, 7) is 1.90. The molecule has 0 aliphatic carbocycles. The molecule has 1 fully saturated rings. The van der Waals surface area contributed by atoms with Crippen LogP contribution in [0.1, 0.15) is 19.3 Å². The van der Waals surface area contributed by atoms with Gasteiger partial charge >= 0.3 is 0 Å². The highest BCUT2D eigenvalue weighted by Gasteiger charge is 2.13. The zero-order valence-electron chi connectivity index (χ0n) is 10.9. The van der Waals surface area contributed by atoms with Gasteiger partial charge in [0.2, 0.25) is 0 Å². The zero-order chi connectivity index (χ0) is 12.9. The Morgan fingerprint density at radius 3 is 3.21 bits per heavy atom. The number of fused-ring (bicyclic) bond motifs is 1. The Labute approximate surface area is 112 Å². The van der Waals surface area contributed by atoms with Crippen molar-refractivity contribution in [2.24, 2.45) is 0 Å². The van der Waals surface area contributed by atoms with Crippen LogP contribution in [0.5, 0.6) is 5.75 Å². The molecule has 2 aromatic rings. The summed E-state index contributed by atoms with van der Waals surface area (Å²) >= 11 is 0. The Balaban J connectivity index is 1.43. The Bertz CT molecular complexity index is 517. The first-order valence-electron chi connectivity index (χ1n) is 6.77. The molecule has 19 heavy (non-hydrogen) atoms. The second-order valence-electron chi connectivity index (χ2n) is 4.66. The third-order valence-corrected chi connectivity index (χ3v) is 3.24. The van der Waals surface area contributed by atoms with Crippen molar-refractivity contribution in [2.75, 3.05) is 19.8 Å². The highest BCUT2D eigenvalue weighted by atomic mass is 16.7. The lowest BCUT2D eigenvalue weighted by molar-refractivity contribution is -0.165. The Hall–Kier alpha value is -1.52. The van der Waals surface area contributed by atoms with Crippen LogP contribution in [0.25, 0.3) is 10.9 Å². The summed E-state index contributed by atoms with van der Waals surface area (Å²) in [6.07, 6.45) is 5.08. The summed E-state index contributed by atoms with van der Waals surface area (Å²) in [6, 6.07) is 9.02. The molecule has 3 rings (SSSR count). The summed E-state index contributed by atoms with van der Waals surface area (Å²) in [5.41, 5.74) is 1.04. The second kappa shape index (κ2) is 6.08. The average molecular weight is 260 g/mol. The molecule has 1 aromatic heterocycles. The SMILES string of the molecule is [c]1c[nH]c2cc(OCCOC3CCCCO3)ccc12. The molecule has 1 radical (unpaired) electrons. The van der Waals surface area contributed by atoms with E-state index in [2.05, 4.69) is 11.1 Å². The van der Waals surface area contributed by atoms with Crippen LogP contribution < -0.4 is 4.74 Å². The first-order valence-corrected chi connectivity index (χ1v) is 6.77. The highest BCUT2D eigenvalue weighted by Crippen LogP contribution is 2.19. The number of benzene rings is 1. The molecule has 0 spiro atoms. The third-order valence-electron chi connectivity index (χ3n) is 3.24. The fourth-order valence-electron chi connectivity index (χ4n) is 2.23. The van der Waals surface area contributed by atoms with E-state index >= 15 is 0 Å². The molecule has 1 unspecified atom stereocenters. The van der Waals surface area contributed by atoms with Gasteiger partial charge in [-0.25, -0.2) is 0 Å². The highest BCUT2D eigenvalue weighted by molar-refractivity contribution is 5.79. The van der Waals surface area contributed by atoms with Gasteiger partial charge in [0.25, 0.3) is 0 Å². The van der Waals surface area contributed by atoms with Gasteiger partial charge in [-0.3, -0.25) is 0 Å². The van der Waals surface area contributed by atoms with Gasteiger partial charge in [-0.05, 0) is 31.4 Å². The Kier molecular flexibility index (Phi) is 4.01. The quantitative estimate of drug-likeness (QED) is 0.841. The van der Waals surface area contributed by atoms with E-state index in [-0.39, 0.29) is 6.29 Å². The van der Waals surface area contributed by atoms with E-state index in [4.69, 9.17) is 14.2 Å². The molecule has 1 atom stereocenters. The molecule has 1 aliphatic rings. The molecule has 0 bridgehead atoms. The number of nitrogens with one attached hydrogen (secondary N) is 1. The number of hydrogen-bond donors (Lipinski definition) is 1. The molecular formula is C15H18NO3. The molecule has 0 amide bonds. The van der Waals surface area contributed by atoms with Gasteiger partial charge in [-0.15, -0.1) is 0 Å². The number of aromatic nitrogens is 1. The maximum absolute atomic E-state index is 5.66. The molecular weight excluding hydrogens is 242 g/mol. The normalized spacial score (nSPS) is 19.7. The molecule has 1 N–H and O–H groups in total. The number of hydrogen-bond acceptors (Lipinski definition) is 3. The van der Waals surface area contributed by atoms with Crippen molar-refractivity contribution in [3.8, 4) is 5.75 Å². The van der Waals surface area contributed by atoms with Gasteiger partial charge in [-0.1, -0.05) is 0 Å². The van der Waals surface area contributed by atoms with Crippen molar-refractivity contribution in [3.63, 3.8) is 0 Å². The van der Waals surface area contributed by atoms with Gasteiger partial charge in [-0.2, -0.15) is 0 Å². The van der Waals surface area contributed by atoms with Gasteiger partial charge in [0.05, 0.1) is 6.61 Å². The molecule has 1 aromatic carbocycles. The van der Waals surface area contributed by atoms with Crippen LogP contribution in [0.4, 0.5) is 0 Å². The van der Waals surface area contributed by atoms with Crippen molar-refractivity contribution in [1.29, 1.82) is 0 Å². The predicted molar refractivity (Wildman–Crippen MR) is 72.2 cm³/mol. The topological polar surface area (TPSA) is 43.5 Å². The van der Waals surface area contributed by atoms with Crippen molar-refractivity contribution < 1.29 is 14.2 Å². The molecule has 1 aliphatic heterocycles. The maximum Gasteiger partial charge on any atom is 0.157 e. The minimum absolute atomic E-state index is 0.0437. The van der Waals surface area contributed by atoms with Crippen LogP contribution in [0, 0.1) is 6.07 Å². The first kappa shape index (κ1) is 12.5. The number of aromatic amines is 1. The van der Waals surface area contributed by atoms with E-state index in [1.54, 1.807) is 6.20 Å². The number of ether oxygens (including phenoxy) is 3. The largest absolute Gasteiger partial charge is 0.491 e. The second-order valence-corrected chi connectivity index (χ2v) is 4.66. The molecule has 4 heteroatoms. The summed E-state index contributed by atoms with van der Waals surface area (Å²) in [5, 5.41) is 1.07. The summed E-state index contributed by atoms with van der Waals surface area (Å²) in [4.78, 5) is 3.12. The van der Waals surface area contributed by atoms with Crippen LogP contribution in [-0.2, 0) is 9.47 Å². The molecule has 1 saturated heterocycles. The monoisotopic (exact) mass is 260 g/mol. The van der Waals surface area contributed by atoms with Crippen molar-refractivity contribution in [3.05, 3.63) is 30.5 Å². The fourth-order valence-corrected chi connectivity index (χ4v) is 2.23. The minimum Gasteiger partial charge on any atom is -0.491 e. The molecule has 0 saturated carbocycles. The molecule has 2 heterocycles. The van der Waals surface area contributed by atoms with E-state index in [0.717, 1.165) is 36.1 Å². The van der Waals surface area contributed by atoms with Gasteiger partial charge < -0.3 is 19.2 Å². The van der Waals surface area contributed by atoms with E-state index < -0.39 is 0 Å². The van der Waals surface area contributed by atoms with Crippen LogP contribution in [0.3, 0.4) is 0 Å². The average Bonchev–Trinajstić information content (AvgIpc) is 2.92. The number of H-pyrrole nitrogens is 1. The van der Waals surface area contributed by atoms with Crippen LogP contribution in [0.15, 0.2) is 24.4 Å². The van der Waals surface area contributed by atoms with E-state index in [1.165, 1.54) is 6.42 Å². The Morgan fingerprint density at radius 2 is 2.32 bits per heavy atom.